The van der Waals surface area contributed by atoms with Crippen molar-refractivity contribution in [3.05, 3.63) is 42.2 Å². The van der Waals surface area contributed by atoms with E-state index in [1.54, 1.807) is 19.1 Å². The highest BCUT2D eigenvalue weighted by Gasteiger charge is 2.18. The Hall–Kier alpha value is -2.37. The minimum Gasteiger partial charge on any atom is -0.484 e. The smallest absolute Gasteiger partial charge is 0.326 e. The molecule has 1 unspecified atom stereocenters. The number of hydrogen-bond acceptors (Lipinski definition) is 3. The van der Waals surface area contributed by atoms with Crippen LogP contribution in [0.25, 0.3) is 0 Å². The molecule has 1 aromatic rings. The molecule has 1 rings (SSSR count). The minimum atomic E-state index is -1.11. The number of hydrogen-bond donors (Lipinski definition) is 2. The fourth-order valence-corrected chi connectivity index (χ4v) is 1.41. The molecule has 0 spiro atoms. The molecular formula is C14H16FNO4. The first-order chi connectivity index (χ1) is 9.52. The molecule has 0 heterocycles. The second-order valence-electron chi connectivity index (χ2n) is 4.01. The van der Waals surface area contributed by atoms with Gasteiger partial charge in [-0.1, -0.05) is 12.2 Å². The summed E-state index contributed by atoms with van der Waals surface area (Å²) in [4.78, 5) is 22.5. The van der Waals surface area contributed by atoms with Crippen LogP contribution in [0.2, 0.25) is 0 Å². The minimum absolute atomic E-state index is 0.203. The zero-order chi connectivity index (χ0) is 15.0. The van der Waals surface area contributed by atoms with Crippen LogP contribution in [-0.4, -0.2) is 29.6 Å². The Kier molecular flexibility index (Phi) is 6.22. The molecule has 108 valence electrons. The molecular weight excluding hydrogens is 265 g/mol. The Labute approximate surface area is 116 Å². The Morgan fingerprint density at radius 3 is 2.60 bits per heavy atom. The predicted octanol–water partition coefficient (Wildman–Crippen LogP) is 1.74. The molecule has 1 amide bonds. The van der Waals surface area contributed by atoms with Crippen molar-refractivity contribution in [3.8, 4) is 5.75 Å². The van der Waals surface area contributed by atoms with Gasteiger partial charge in [-0.15, -0.1) is 0 Å². The lowest BCUT2D eigenvalue weighted by atomic mass is 10.2. The second kappa shape index (κ2) is 7.93. The fraction of sp³-hybridized carbons (Fsp3) is 0.286. The van der Waals surface area contributed by atoms with Crippen molar-refractivity contribution < 1.29 is 23.8 Å². The van der Waals surface area contributed by atoms with Gasteiger partial charge in [0.25, 0.3) is 5.91 Å². The van der Waals surface area contributed by atoms with Crippen molar-refractivity contribution in [2.45, 2.75) is 19.4 Å². The molecule has 6 heteroatoms. The Morgan fingerprint density at radius 1 is 1.40 bits per heavy atom. The molecule has 1 aromatic carbocycles. The topological polar surface area (TPSA) is 75.6 Å². The Balaban J connectivity index is 2.45. The van der Waals surface area contributed by atoms with Crippen molar-refractivity contribution in [1.29, 1.82) is 0 Å². The van der Waals surface area contributed by atoms with Gasteiger partial charge in [-0.05, 0) is 37.6 Å². The zero-order valence-corrected chi connectivity index (χ0v) is 11.0. The van der Waals surface area contributed by atoms with Gasteiger partial charge in [0.05, 0.1) is 0 Å². The summed E-state index contributed by atoms with van der Waals surface area (Å²) in [6.45, 7) is 1.43. The molecule has 0 saturated carbocycles. The van der Waals surface area contributed by atoms with Crippen molar-refractivity contribution in [2.75, 3.05) is 6.61 Å². The first-order valence-corrected chi connectivity index (χ1v) is 6.04. The molecule has 0 saturated heterocycles. The van der Waals surface area contributed by atoms with Crippen LogP contribution in [0.3, 0.4) is 0 Å². The number of halogens is 1. The summed E-state index contributed by atoms with van der Waals surface area (Å²) in [6, 6.07) is 4.20. The number of aliphatic carboxylic acids is 1. The van der Waals surface area contributed by atoms with E-state index in [-0.39, 0.29) is 13.0 Å². The molecule has 1 atom stereocenters. The SMILES string of the molecule is C/C=C/CC(NC(=O)COc1ccc(F)cc1)C(=O)O. The Morgan fingerprint density at radius 2 is 2.05 bits per heavy atom. The van der Waals surface area contributed by atoms with Gasteiger partial charge in [0.1, 0.15) is 17.6 Å². The quantitative estimate of drug-likeness (QED) is 0.746. The maximum atomic E-state index is 12.7. The lowest BCUT2D eigenvalue weighted by Gasteiger charge is -2.13. The molecule has 20 heavy (non-hydrogen) atoms. The molecule has 0 aliphatic rings. The number of carbonyl (C=O) groups excluding carboxylic acids is 1. The van der Waals surface area contributed by atoms with Gasteiger partial charge in [0.15, 0.2) is 6.61 Å². The van der Waals surface area contributed by atoms with Crippen LogP contribution >= 0.6 is 0 Å². The molecule has 2 N–H and O–H groups in total. The van der Waals surface area contributed by atoms with Crippen molar-refractivity contribution in [3.63, 3.8) is 0 Å². The van der Waals surface area contributed by atoms with Crippen molar-refractivity contribution in [2.24, 2.45) is 0 Å². The van der Waals surface area contributed by atoms with Gasteiger partial charge in [0.2, 0.25) is 0 Å². The van der Waals surface area contributed by atoms with Crippen LogP contribution in [0.4, 0.5) is 4.39 Å². The maximum absolute atomic E-state index is 12.7. The molecule has 5 nitrogen and oxygen atoms in total. The first-order valence-electron chi connectivity index (χ1n) is 6.04. The van der Waals surface area contributed by atoms with Crippen LogP contribution in [-0.2, 0) is 9.59 Å². The summed E-state index contributed by atoms with van der Waals surface area (Å²) < 4.78 is 17.8. The highest BCUT2D eigenvalue weighted by Crippen LogP contribution is 2.10. The van der Waals surface area contributed by atoms with E-state index in [0.717, 1.165) is 0 Å². The molecule has 0 radical (unpaired) electrons. The predicted molar refractivity (Wildman–Crippen MR) is 70.9 cm³/mol. The summed E-state index contributed by atoms with van der Waals surface area (Å²) in [5.41, 5.74) is 0. The van der Waals surface area contributed by atoms with E-state index in [2.05, 4.69) is 5.32 Å². The third-order valence-corrected chi connectivity index (χ3v) is 2.42. The van der Waals surface area contributed by atoms with Gasteiger partial charge in [-0.2, -0.15) is 0 Å². The van der Waals surface area contributed by atoms with Crippen LogP contribution in [0.1, 0.15) is 13.3 Å². The van der Waals surface area contributed by atoms with E-state index in [0.29, 0.717) is 5.75 Å². The normalized spacial score (nSPS) is 12.1. The third kappa shape index (κ3) is 5.51. The maximum Gasteiger partial charge on any atom is 0.326 e. The number of carboxylic acids is 1. The third-order valence-electron chi connectivity index (χ3n) is 2.42. The number of ether oxygens (including phenoxy) is 1. The van der Waals surface area contributed by atoms with Crippen LogP contribution in [0.15, 0.2) is 36.4 Å². The number of carbonyl (C=O) groups is 2. The average molecular weight is 281 g/mol. The van der Waals surface area contributed by atoms with Gasteiger partial charge in [-0.25, -0.2) is 9.18 Å². The second-order valence-corrected chi connectivity index (χ2v) is 4.01. The van der Waals surface area contributed by atoms with Crippen LogP contribution < -0.4 is 10.1 Å². The van der Waals surface area contributed by atoms with E-state index >= 15 is 0 Å². The fourth-order valence-electron chi connectivity index (χ4n) is 1.41. The molecule has 0 bridgehead atoms. The molecule has 0 aliphatic carbocycles. The van der Waals surface area contributed by atoms with E-state index in [1.165, 1.54) is 24.3 Å². The van der Waals surface area contributed by atoms with E-state index in [4.69, 9.17) is 9.84 Å². The van der Waals surface area contributed by atoms with Crippen LogP contribution in [0, 0.1) is 5.82 Å². The molecule has 0 fully saturated rings. The average Bonchev–Trinajstić information content (AvgIpc) is 2.42. The Bertz CT molecular complexity index is 484. The summed E-state index contributed by atoms with van der Waals surface area (Å²) in [5.74, 6) is -1.73. The summed E-state index contributed by atoms with van der Waals surface area (Å²) in [6.07, 6.45) is 3.56. The van der Waals surface area contributed by atoms with Crippen LogP contribution in [0.5, 0.6) is 5.75 Å². The van der Waals surface area contributed by atoms with E-state index in [9.17, 15) is 14.0 Å². The van der Waals surface area contributed by atoms with Crippen molar-refractivity contribution >= 4 is 11.9 Å². The number of amides is 1. The van der Waals surface area contributed by atoms with Gasteiger partial charge >= 0.3 is 5.97 Å². The summed E-state index contributed by atoms with van der Waals surface area (Å²) in [5, 5.41) is 11.3. The highest BCUT2D eigenvalue weighted by atomic mass is 19.1. The number of nitrogens with one attached hydrogen (secondary N) is 1. The summed E-state index contributed by atoms with van der Waals surface area (Å²) in [7, 11) is 0. The number of benzene rings is 1. The number of rotatable bonds is 7. The standard InChI is InChI=1S/C14H16FNO4/c1-2-3-4-12(14(18)19)16-13(17)9-20-11-7-5-10(15)6-8-11/h2-3,5-8,12H,4,9H2,1H3,(H,16,17)(H,18,19)/b3-2+. The number of allylic oxidation sites excluding steroid dienone is 1. The lowest BCUT2D eigenvalue weighted by molar-refractivity contribution is -0.142. The highest BCUT2D eigenvalue weighted by molar-refractivity contribution is 5.84. The largest absolute Gasteiger partial charge is 0.484 e. The van der Waals surface area contributed by atoms with E-state index < -0.39 is 23.7 Å². The van der Waals surface area contributed by atoms with Gasteiger partial charge < -0.3 is 15.2 Å². The first kappa shape index (κ1) is 15.7. The lowest BCUT2D eigenvalue weighted by Crippen LogP contribution is -2.42. The molecule has 0 aliphatic heterocycles. The van der Waals surface area contributed by atoms with Gasteiger partial charge in [-0.3, -0.25) is 4.79 Å². The molecule has 0 aromatic heterocycles. The monoisotopic (exact) mass is 281 g/mol. The van der Waals surface area contributed by atoms with E-state index in [1.807, 2.05) is 0 Å². The summed E-state index contributed by atoms with van der Waals surface area (Å²) >= 11 is 0. The van der Waals surface area contributed by atoms with Gasteiger partial charge in [0, 0.05) is 0 Å². The number of carboxylic acid groups (broad SMARTS) is 1. The zero-order valence-electron chi connectivity index (χ0n) is 11.0. The van der Waals surface area contributed by atoms with Crippen molar-refractivity contribution in [1.82, 2.24) is 5.32 Å².